The van der Waals surface area contributed by atoms with Crippen molar-refractivity contribution in [2.24, 2.45) is 0 Å². The highest BCUT2D eigenvalue weighted by atomic mass is 35.5. The molecular weight excluding hydrogens is 336 g/mol. The smallest absolute Gasteiger partial charge is 0.318 e. The normalized spacial score (nSPS) is 13.4. The van der Waals surface area contributed by atoms with Crippen LogP contribution in [0.1, 0.15) is 11.4 Å². The van der Waals surface area contributed by atoms with E-state index in [0.29, 0.717) is 23.8 Å². The Morgan fingerprint density at radius 3 is 2.76 bits per heavy atom. The van der Waals surface area contributed by atoms with Crippen LogP contribution >= 0.6 is 11.6 Å². The Hall–Kier alpha value is -2.79. The molecule has 4 rings (SSSR count). The average molecular weight is 353 g/mol. The maximum absolute atomic E-state index is 12.5. The van der Waals surface area contributed by atoms with E-state index in [0.717, 1.165) is 23.5 Å². The van der Waals surface area contributed by atoms with Gasteiger partial charge in [-0.05, 0) is 30.3 Å². The monoisotopic (exact) mass is 352 g/mol. The van der Waals surface area contributed by atoms with E-state index in [4.69, 9.17) is 11.6 Å². The molecule has 0 radical (unpaired) electrons. The molecule has 1 aliphatic rings. The summed E-state index contributed by atoms with van der Waals surface area (Å²) in [5.74, 6) is 0. The predicted octanol–water partition coefficient (Wildman–Crippen LogP) is 4.12. The van der Waals surface area contributed by atoms with Gasteiger partial charge in [0.05, 0.1) is 18.6 Å². The van der Waals surface area contributed by atoms with Gasteiger partial charge in [0.25, 0.3) is 0 Å². The fourth-order valence-electron chi connectivity index (χ4n) is 3.06. The van der Waals surface area contributed by atoms with E-state index in [1.807, 2.05) is 36.7 Å². The lowest BCUT2D eigenvalue weighted by atomic mass is 10.1. The number of imidazole rings is 1. The molecule has 0 saturated heterocycles. The van der Waals surface area contributed by atoms with Crippen LogP contribution in [-0.4, -0.2) is 27.0 Å². The molecule has 0 atom stereocenters. The van der Waals surface area contributed by atoms with Gasteiger partial charge in [0.2, 0.25) is 0 Å². The number of aromatic nitrogens is 2. The van der Waals surface area contributed by atoms with Crippen molar-refractivity contribution < 1.29 is 4.79 Å². The summed E-state index contributed by atoms with van der Waals surface area (Å²) in [5, 5.41) is 3.49. The maximum Gasteiger partial charge on any atom is 0.322 e. The molecule has 1 aliphatic heterocycles. The number of hydrogen-bond donors (Lipinski definition) is 1. The van der Waals surface area contributed by atoms with Crippen molar-refractivity contribution >= 4 is 23.3 Å². The number of rotatable bonds is 2. The van der Waals surface area contributed by atoms with E-state index < -0.39 is 0 Å². The molecule has 0 aliphatic carbocycles. The molecule has 126 valence electrons. The number of urea groups is 1. The summed E-state index contributed by atoms with van der Waals surface area (Å²) >= 11 is 5.96. The summed E-state index contributed by atoms with van der Waals surface area (Å²) in [4.78, 5) is 18.8. The summed E-state index contributed by atoms with van der Waals surface area (Å²) in [6.45, 7) is 1.15. The quantitative estimate of drug-likeness (QED) is 0.754. The molecule has 0 saturated carbocycles. The molecule has 0 fully saturated rings. The van der Waals surface area contributed by atoms with Crippen LogP contribution in [0.4, 0.5) is 10.5 Å². The molecule has 6 heteroatoms. The van der Waals surface area contributed by atoms with E-state index in [2.05, 4.69) is 27.0 Å². The van der Waals surface area contributed by atoms with E-state index in [9.17, 15) is 4.79 Å². The molecule has 5 nitrogen and oxygen atoms in total. The van der Waals surface area contributed by atoms with Crippen molar-refractivity contribution in [3.8, 4) is 5.69 Å². The molecular formula is C19H17ClN4O. The molecule has 2 aromatic carbocycles. The lowest BCUT2D eigenvalue weighted by molar-refractivity contribution is 0.205. The van der Waals surface area contributed by atoms with Gasteiger partial charge in [-0.15, -0.1) is 0 Å². The first-order valence-corrected chi connectivity index (χ1v) is 8.50. The third-order valence-electron chi connectivity index (χ3n) is 4.31. The Morgan fingerprint density at radius 2 is 1.96 bits per heavy atom. The fourth-order valence-corrected chi connectivity index (χ4v) is 3.25. The highest BCUT2D eigenvalue weighted by molar-refractivity contribution is 6.30. The van der Waals surface area contributed by atoms with E-state index in [-0.39, 0.29) is 6.03 Å². The second-order valence-electron chi connectivity index (χ2n) is 5.96. The van der Waals surface area contributed by atoms with Crippen LogP contribution in [0, 0.1) is 0 Å². The number of benzene rings is 2. The SMILES string of the molecule is O=C(Nc1cccc(Cl)c1)N1CCc2c(ncn2-c2ccccc2)C1. The van der Waals surface area contributed by atoms with Crippen molar-refractivity contribution in [1.82, 2.24) is 14.5 Å². The van der Waals surface area contributed by atoms with Crippen LogP contribution in [0.2, 0.25) is 5.02 Å². The van der Waals surface area contributed by atoms with Crippen LogP contribution in [0.25, 0.3) is 5.69 Å². The molecule has 0 spiro atoms. The first kappa shape index (κ1) is 15.7. The van der Waals surface area contributed by atoms with Gasteiger partial charge in [-0.25, -0.2) is 9.78 Å². The van der Waals surface area contributed by atoms with Gasteiger partial charge in [0.15, 0.2) is 0 Å². The van der Waals surface area contributed by atoms with Crippen molar-refractivity contribution in [3.05, 3.63) is 77.3 Å². The van der Waals surface area contributed by atoms with Crippen molar-refractivity contribution in [3.63, 3.8) is 0 Å². The van der Waals surface area contributed by atoms with Crippen molar-refractivity contribution in [2.45, 2.75) is 13.0 Å². The predicted molar refractivity (Wildman–Crippen MR) is 98.1 cm³/mol. The molecule has 1 aromatic heterocycles. The van der Waals surface area contributed by atoms with Gasteiger partial charge in [0, 0.05) is 35.1 Å². The topological polar surface area (TPSA) is 50.2 Å². The summed E-state index contributed by atoms with van der Waals surface area (Å²) in [5.41, 5.74) is 3.89. The first-order chi connectivity index (χ1) is 12.2. The molecule has 0 unspecified atom stereocenters. The number of anilines is 1. The maximum atomic E-state index is 12.5. The van der Waals surface area contributed by atoms with Crippen molar-refractivity contribution in [2.75, 3.05) is 11.9 Å². The number of hydrogen-bond acceptors (Lipinski definition) is 2. The number of halogens is 1. The summed E-state index contributed by atoms with van der Waals surface area (Å²) in [6, 6.07) is 17.1. The number of fused-ring (bicyclic) bond motifs is 1. The van der Waals surface area contributed by atoms with Gasteiger partial charge in [-0.3, -0.25) is 0 Å². The largest absolute Gasteiger partial charge is 0.322 e. The fraction of sp³-hybridized carbons (Fsp3) is 0.158. The minimum atomic E-state index is -0.137. The Labute approximate surface area is 150 Å². The van der Waals surface area contributed by atoms with Crippen LogP contribution in [0.3, 0.4) is 0 Å². The lowest BCUT2D eigenvalue weighted by Gasteiger charge is -2.27. The number of nitrogens with zero attached hydrogens (tertiary/aromatic N) is 3. The molecule has 0 bridgehead atoms. The van der Waals surface area contributed by atoms with Crippen LogP contribution in [0.15, 0.2) is 60.9 Å². The molecule has 2 amide bonds. The zero-order valence-corrected chi connectivity index (χ0v) is 14.3. The second kappa shape index (κ2) is 6.61. The van der Waals surface area contributed by atoms with E-state index >= 15 is 0 Å². The third-order valence-corrected chi connectivity index (χ3v) is 4.54. The zero-order chi connectivity index (χ0) is 17.2. The highest BCUT2D eigenvalue weighted by Crippen LogP contribution is 2.22. The molecule has 25 heavy (non-hydrogen) atoms. The number of carbonyl (C=O) groups is 1. The van der Waals surface area contributed by atoms with Gasteiger partial charge >= 0.3 is 6.03 Å². The van der Waals surface area contributed by atoms with Crippen LogP contribution < -0.4 is 5.32 Å². The number of carbonyl (C=O) groups excluding carboxylic acids is 1. The minimum Gasteiger partial charge on any atom is -0.318 e. The molecule has 1 N–H and O–H groups in total. The number of amides is 2. The van der Waals surface area contributed by atoms with Gasteiger partial charge < -0.3 is 14.8 Å². The summed E-state index contributed by atoms with van der Waals surface area (Å²) in [6.07, 6.45) is 2.60. The second-order valence-corrected chi connectivity index (χ2v) is 6.39. The standard InChI is InChI=1S/C19H17ClN4O/c20-14-5-4-6-15(11-14)22-19(25)23-10-9-18-17(12-23)21-13-24(18)16-7-2-1-3-8-16/h1-8,11,13H,9-10,12H2,(H,22,25). The Balaban J connectivity index is 1.50. The summed E-state index contributed by atoms with van der Waals surface area (Å²) in [7, 11) is 0. The van der Waals surface area contributed by atoms with Crippen molar-refractivity contribution in [1.29, 1.82) is 0 Å². The lowest BCUT2D eigenvalue weighted by Crippen LogP contribution is -2.39. The summed E-state index contributed by atoms with van der Waals surface area (Å²) < 4.78 is 2.10. The molecule has 3 aromatic rings. The van der Waals surface area contributed by atoms with Gasteiger partial charge in [0.1, 0.15) is 0 Å². The average Bonchev–Trinajstić information content (AvgIpc) is 3.05. The minimum absolute atomic E-state index is 0.137. The highest BCUT2D eigenvalue weighted by Gasteiger charge is 2.24. The van der Waals surface area contributed by atoms with Crippen LogP contribution in [-0.2, 0) is 13.0 Å². The Kier molecular flexibility index (Phi) is 4.15. The zero-order valence-electron chi connectivity index (χ0n) is 13.5. The third kappa shape index (κ3) is 3.23. The van der Waals surface area contributed by atoms with Crippen LogP contribution in [0.5, 0.6) is 0 Å². The Bertz CT molecular complexity index is 907. The molecule has 2 heterocycles. The van der Waals surface area contributed by atoms with E-state index in [1.165, 1.54) is 0 Å². The Morgan fingerprint density at radius 1 is 1.12 bits per heavy atom. The number of nitrogens with one attached hydrogen (secondary N) is 1. The van der Waals surface area contributed by atoms with Gasteiger partial charge in [-0.1, -0.05) is 35.9 Å². The first-order valence-electron chi connectivity index (χ1n) is 8.13. The van der Waals surface area contributed by atoms with Gasteiger partial charge in [-0.2, -0.15) is 0 Å². The number of para-hydroxylation sites is 1. The van der Waals surface area contributed by atoms with E-state index in [1.54, 1.807) is 17.0 Å².